The van der Waals surface area contributed by atoms with Crippen molar-refractivity contribution in [3.8, 4) is 5.75 Å². The van der Waals surface area contributed by atoms with Crippen LogP contribution in [0.2, 0.25) is 0 Å². The molecular weight excluding hydrogens is 510 g/mol. The van der Waals surface area contributed by atoms with Gasteiger partial charge in [-0.05, 0) is 49.4 Å². The van der Waals surface area contributed by atoms with Crippen molar-refractivity contribution in [2.45, 2.75) is 20.0 Å². The molecule has 0 bridgehead atoms. The van der Waals surface area contributed by atoms with E-state index >= 15 is 0 Å². The third-order valence-corrected chi connectivity index (χ3v) is 4.43. The maximum absolute atomic E-state index is 13.3. The number of rotatable bonds is 12. The molecule has 0 aromatic heterocycles. The van der Waals surface area contributed by atoms with Crippen LogP contribution in [0.4, 0.5) is 4.39 Å². The smallest absolute Gasteiger partial charge is 0.191 e. The van der Waals surface area contributed by atoms with Gasteiger partial charge in [0, 0.05) is 33.3 Å². The average molecular weight is 544 g/mol. The number of aliphatic imine (C=N–C) groups is 1. The maximum atomic E-state index is 13.3. The van der Waals surface area contributed by atoms with Crippen molar-refractivity contribution >= 4 is 29.9 Å². The zero-order valence-electron chi connectivity index (χ0n) is 18.6. The Balaban J connectivity index is 0.00000480. The molecule has 0 radical (unpaired) electrons. The lowest BCUT2D eigenvalue weighted by atomic mass is 10.2. The number of ether oxygens (including phenoxy) is 2. The summed E-state index contributed by atoms with van der Waals surface area (Å²) in [5, 5.41) is 6.53. The van der Waals surface area contributed by atoms with Gasteiger partial charge in [0.2, 0.25) is 0 Å². The molecule has 2 aromatic rings. The standard InChI is InChI=1S/C23H33FN4O2.HI/c1-4-25-23(26-17-19-7-5-9-21(24)15-19)27-18-20-8-6-10-22(16-20)30-14-12-28(2)11-13-29-3;/h5-10,15-16H,4,11-14,17-18H2,1-3H3,(H2,25,26,27);1H. The normalized spacial score (nSPS) is 11.2. The highest BCUT2D eigenvalue weighted by Crippen LogP contribution is 2.13. The fraction of sp³-hybridized carbons (Fsp3) is 0.435. The number of benzene rings is 2. The minimum absolute atomic E-state index is 0. The van der Waals surface area contributed by atoms with Crippen LogP contribution in [0.5, 0.6) is 5.75 Å². The first-order chi connectivity index (χ1) is 14.6. The molecule has 2 N–H and O–H groups in total. The second-order valence-corrected chi connectivity index (χ2v) is 6.97. The van der Waals surface area contributed by atoms with Crippen molar-refractivity contribution in [3.63, 3.8) is 0 Å². The van der Waals surface area contributed by atoms with Crippen molar-refractivity contribution < 1.29 is 13.9 Å². The molecule has 0 aliphatic carbocycles. The topological polar surface area (TPSA) is 58.1 Å². The molecule has 0 saturated heterocycles. The monoisotopic (exact) mass is 544 g/mol. The van der Waals surface area contributed by atoms with Crippen LogP contribution >= 0.6 is 24.0 Å². The lowest BCUT2D eigenvalue weighted by Gasteiger charge is -2.16. The second-order valence-electron chi connectivity index (χ2n) is 6.97. The van der Waals surface area contributed by atoms with Crippen LogP contribution in [0.25, 0.3) is 0 Å². The Labute approximate surface area is 202 Å². The summed E-state index contributed by atoms with van der Waals surface area (Å²) in [6.07, 6.45) is 0. The van der Waals surface area contributed by atoms with Crippen LogP contribution in [0.15, 0.2) is 53.5 Å². The van der Waals surface area contributed by atoms with E-state index in [4.69, 9.17) is 9.47 Å². The number of methoxy groups -OCH3 is 1. The van der Waals surface area contributed by atoms with Gasteiger partial charge in [-0.25, -0.2) is 9.38 Å². The highest BCUT2D eigenvalue weighted by molar-refractivity contribution is 14.0. The van der Waals surface area contributed by atoms with E-state index in [-0.39, 0.29) is 29.8 Å². The van der Waals surface area contributed by atoms with Gasteiger partial charge < -0.3 is 25.0 Å². The summed E-state index contributed by atoms with van der Waals surface area (Å²) < 4.78 is 24.3. The minimum atomic E-state index is -0.248. The Morgan fingerprint density at radius 3 is 2.52 bits per heavy atom. The van der Waals surface area contributed by atoms with Gasteiger partial charge in [-0.15, -0.1) is 24.0 Å². The molecule has 0 aliphatic rings. The molecule has 2 rings (SSSR count). The third-order valence-electron chi connectivity index (χ3n) is 4.43. The van der Waals surface area contributed by atoms with Gasteiger partial charge in [-0.3, -0.25) is 0 Å². The summed E-state index contributed by atoms with van der Waals surface area (Å²) in [6, 6.07) is 14.5. The molecule has 0 unspecified atom stereocenters. The van der Waals surface area contributed by atoms with Crippen molar-refractivity contribution in [1.29, 1.82) is 0 Å². The summed E-state index contributed by atoms with van der Waals surface area (Å²) >= 11 is 0. The van der Waals surface area contributed by atoms with E-state index in [1.165, 1.54) is 12.1 Å². The Morgan fingerprint density at radius 1 is 1.03 bits per heavy atom. The van der Waals surface area contributed by atoms with Gasteiger partial charge in [0.05, 0.1) is 13.2 Å². The summed E-state index contributed by atoms with van der Waals surface area (Å²) in [5.74, 6) is 1.28. The first-order valence-corrected chi connectivity index (χ1v) is 10.3. The number of nitrogens with one attached hydrogen (secondary N) is 2. The van der Waals surface area contributed by atoms with Gasteiger partial charge in [0.1, 0.15) is 18.2 Å². The number of likely N-dealkylation sites (N-methyl/N-ethyl adjacent to an activating group) is 1. The minimum Gasteiger partial charge on any atom is -0.492 e. The summed E-state index contributed by atoms with van der Waals surface area (Å²) in [5.41, 5.74) is 1.93. The van der Waals surface area contributed by atoms with Crippen molar-refractivity contribution in [1.82, 2.24) is 15.5 Å². The largest absolute Gasteiger partial charge is 0.492 e. The zero-order chi connectivity index (χ0) is 21.6. The Bertz CT molecular complexity index is 792. The Hall–Kier alpha value is -1.91. The van der Waals surface area contributed by atoms with Crippen molar-refractivity contribution in [2.75, 3.05) is 47.0 Å². The maximum Gasteiger partial charge on any atom is 0.191 e. The van der Waals surface area contributed by atoms with Gasteiger partial charge in [-0.1, -0.05) is 24.3 Å². The molecule has 0 spiro atoms. The first-order valence-electron chi connectivity index (χ1n) is 10.3. The fourth-order valence-electron chi connectivity index (χ4n) is 2.76. The number of guanidine groups is 1. The van der Waals surface area contributed by atoms with E-state index < -0.39 is 0 Å². The number of halogens is 2. The first kappa shape index (κ1) is 27.1. The van der Waals surface area contributed by atoms with Crippen LogP contribution in [0.1, 0.15) is 18.1 Å². The zero-order valence-corrected chi connectivity index (χ0v) is 20.9. The molecule has 0 saturated carbocycles. The summed E-state index contributed by atoms with van der Waals surface area (Å²) in [4.78, 5) is 6.71. The molecule has 0 atom stereocenters. The van der Waals surface area contributed by atoms with Gasteiger partial charge >= 0.3 is 0 Å². The SMILES string of the molecule is CCNC(=NCc1cccc(F)c1)NCc1cccc(OCCN(C)CCOC)c1.I. The molecule has 0 fully saturated rings. The fourth-order valence-corrected chi connectivity index (χ4v) is 2.76. The number of nitrogens with zero attached hydrogens (tertiary/aromatic N) is 2. The molecule has 0 amide bonds. The molecule has 172 valence electrons. The highest BCUT2D eigenvalue weighted by Gasteiger charge is 2.03. The van der Waals surface area contributed by atoms with Crippen LogP contribution in [0.3, 0.4) is 0 Å². The molecule has 6 nitrogen and oxygen atoms in total. The van der Waals surface area contributed by atoms with E-state index in [2.05, 4.69) is 20.5 Å². The quantitative estimate of drug-likeness (QED) is 0.243. The van der Waals surface area contributed by atoms with Gasteiger partial charge in [0.15, 0.2) is 5.96 Å². The Morgan fingerprint density at radius 2 is 1.77 bits per heavy atom. The molecule has 31 heavy (non-hydrogen) atoms. The molecule has 0 heterocycles. The summed E-state index contributed by atoms with van der Waals surface area (Å²) in [7, 11) is 3.76. The molecular formula is C23H34FIN4O2. The van der Waals surface area contributed by atoms with Crippen LogP contribution in [-0.4, -0.2) is 57.9 Å². The van der Waals surface area contributed by atoms with Crippen molar-refractivity contribution in [2.24, 2.45) is 4.99 Å². The van der Waals surface area contributed by atoms with E-state index in [1.807, 2.05) is 44.3 Å². The molecule has 0 aliphatic heterocycles. The van der Waals surface area contributed by atoms with Crippen molar-refractivity contribution in [3.05, 3.63) is 65.5 Å². The van der Waals surface area contributed by atoms with Crippen LogP contribution < -0.4 is 15.4 Å². The second kappa shape index (κ2) is 15.8. The Kier molecular flexibility index (Phi) is 13.8. The van der Waals surface area contributed by atoms with E-state index in [0.29, 0.717) is 32.3 Å². The van der Waals surface area contributed by atoms with E-state index in [0.717, 1.165) is 36.5 Å². The van der Waals surface area contributed by atoms with Gasteiger partial charge in [-0.2, -0.15) is 0 Å². The average Bonchev–Trinajstić information content (AvgIpc) is 2.74. The van der Waals surface area contributed by atoms with E-state index in [1.54, 1.807) is 13.2 Å². The highest BCUT2D eigenvalue weighted by atomic mass is 127. The third kappa shape index (κ3) is 11.3. The lowest BCUT2D eigenvalue weighted by molar-refractivity contribution is 0.150. The number of hydrogen-bond donors (Lipinski definition) is 2. The summed E-state index contributed by atoms with van der Waals surface area (Å²) in [6.45, 7) is 6.83. The van der Waals surface area contributed by atoms with Gasteiger partial charge in [0.25, 0.3) is 0 Å². The lowest BCUT2D eigenvalue weighted by Crippen LogP contribution is -2.36. The predicted octanol–water partition coefficient (Wildman–Crippen LogP) is 3.66. The molecule has 2 aromatic carbocycles. The van der Waals surface area contributed by atoms with Crippen LogP contribution in [0, 0.1) is 5.82 Å². The predicted molar refractivity (Wildman–Crippen MR) is 135 cm³/mol. The van der Waals surface area contributed by atoms with Crippen LogP contribution in [-0.2, 0) is 17.8 Å². The van der Waals surface area contributed by atoms with E-state index in [9.17, 15) is 4.39 Å². The number of hydrogen-bond acceptors (Lipinski definition) is 4. The molecule has 8 heteroatoms.